The summed E-state index contributed by atoms with van der Waals surface area (Å²) in [6.07, 6.45) is 0. The van der Waals surface area contributed by atoms with E-state index in [0.717, 1.165) is 0 Å². The Kier molecular flexibility index (Phi) is 4.83. The van der Waals surface area contributed by atoms with Gasteiger partial charge in [0, 0.05) is 12.1 Å². The molecule has 0 rings (SSSR count). The predicted molar refractivity (Wildman–Crippen MR) is 44.8 cm³/mol. The van der Waals surface area contributed by atoms with Crippen LogP contribution >= 0.6 is 0 Å². The Morgan fingerprint density at radius 3 is 2.45 bits per heavy atom. The highest BCUT2D eigenvalue weighted by Gasteiger charge is 2.14. The van der Waals surface area contributed by atoms with Gasteiger partial charge in [0.05, 0.1) is 12.4 Å². The van der Waals surface area contributed by atoms with Crippen molar-refractivity contribution in [3.8, 4) is 0 Å². The van der Waals surface area contributed by atoms with Crippen LogP contribution in [0.25, 0.3) is 0 Å². The Labute approximate surface area is 69.3 Å². The zero-order chi connectivity index (χ0) is 8.91. The maximum atomic E-state index is 10.2. The Balaban J connectivity index is 3.45. The van der Waals surface area contributed by atoms with Crippen molar-refractivity contribution in [2.45, 2.75) is 19.4 Å². The first-order valence-electron chi connectivity index (χ1n) is 3.41. The lowest BCUT2D eigenvalue weighted by Gasteiger charge is -2.22. The molecule has 1 unspecified atom stereocenters. The van der Waals surface area contributed by atoms with Crippen LogP contribution in [-0.2, 0) is 11.1 Å². The van der Waals surface area contributed by atoms with Gasteiger partial charge in [-0.15, -0.1) is 0 Å². The quantitative estimate of drug-likeness (QED) is 0.503. The standard InChI is InChI=1S/C6H15NO3S/c1-6(2,5-8)7-3-4-11(9)10/h7-8H,3-5H2,1-2H3,(H,9,10). The van der Waals surface area contributed by atoms with Gasteiger partial charge in [0.1, 0.15) is 0 Å². The van der Waals surface area contributed by atoms with Crippen LogP contribution < -0.4 is 5.32 Å². The van der Waals surface area contributed by atoms with E-state index in [9.17, 15) is 4.21 Å². The summed E-state index contributed by atoms with van der Waals surface area (Å²) in [5.41, 5.74) is -0.362. The summed E-state index contributed by atoms with van der Waals surface area (Å²) in [5.74, 6) is 0.198. The van der Waals surface area contributed by atoms with Crippen molar-refractivity contribution in [3.63, 3.8) is 0 Å². The molecule has 5 heteroatoms. The highest BCUT2D eigenvalue weighted by atomic mass is 32.2. The number of aliphatic hydroxyl groups is 1. The van der Waals surface area contributed by atoms with Crippen molar-refractivity contribution in [1.29, 1.82) is 0 Å². The van der Waals surface area contributed by atoms with E-state index in [1.54, 1.807) is 0 Å². The fourth-order valence-corrected chi connectivity index (χ4v) is 0.809. The predicted octanol–water partition coefficient (Wildman–Crippen LogP) is -0.431. The average molecular weight is 181 g/mol. The van der Waals surface area contributed by atoms with E-state index in [1.807, 2.05) is 13.8 Å². The second-order valence-electron chi connectivity index (χ2n) is 2.99. The molecule has 68 valence electrons. The minimum absolute atomic E-state index is 0.0189. The minimum atomic E-state index is -1.75. The molecule has 0 fully saturated rings. The zero-order valence-electron chi connectivity index (χ0n) is 6.83. The molecule has 0 amide bonds. The first kappa shape index (κ1) is 11.0. The van der Waals surface area contributed by atoms with Crippen LogP contribution in [0.4, 0.5) is 0 Å². The second-order valence-corrected chi connectivity index (χ2v) is 4.05. The summed E-state index contributed by atoms with van der Waals surface area (Å²) in [5, 5.41) is 11.7. The van der Waals surface area contributed by atoms with Gasteiger partial charge in [-0.2, -0.15) is 0 Å². The Morgan fingerprint density at radius 2 is 2.09 bits per heavy atom. The number of rotatable bonds is 5. The van der Waals surface area contributed by atoms with Gasteiger partial charge < -0.3 is 15.0 Å². The summed E-state index contributed by atoms with van der Waals surface area (Å²) in [7, 11) is 0. The van der Waals surface area contributed by atoms with Crippen LogP contribution in [0.1, 0.15) is 13.8 Å². The molecular weight excluding hydrogens is 166 g/mol. The molecule has 0 aliphatic rings. The normalized spacial score (nSPS) is 14.9. The molecular formula is C6H15NO3S. The first-order chi connectivity index (χ1) is 4.98. The van der Waals surface area contributed by atoms with Gasteiger partial charge in [0.2, 0.25) is 0 Å². The topological polar surface area (TPSA) is 69.6 Å². The summed E-state index contributed by atoms with van der Waals surface area (Å²) in [4.78, 5) is 0. The Bertz CT molecular complexity index is 138. The number of hydrogen-bond donors (Lipinski definition) is 3. The van der Waals surface area contributed by atoms with Crippen LogP contribution in [0, 0.1) is 0 Å². The van der Waals surface area contributed by atoms with Crippen molar-refractivity contribution >= 4 is 11.1 Å². The lowest BCUT2D eigenvalue weighted by atomic mass is 10.1. The van der Waals surface area contributed by atoms with Crippen molar-refractivity contribution in [1.82, 2.24) is 5.32 Å². The number of nitrogens with one attached hydrogen (secondary N) is 1. The fraction of sp³-hybridized carbons (Fsp3) is 1.00. The largest absolute Gasteiger partial charge is 0.394 e. The molecule has 0 spiro atoms. The van der Waals surface area contributed by atoms with Gasteiger partial charge in [0.25, 0.3) is 0 Å². The summed E-state index contributed by atoms with van der Waals surface area (Å²) in [6.45, 7) is 4.11. The van der Waals surface area contributed by atoms with Crippen LogP contribution in [0.5, 0.6) is 0 Å². The van der Waals surface area contributed by atoms with E-state index in [0.29, 0.717) is 6.54 Å². The molecule has 11 heavy (non-hydrogen) atoms. The summed E-state index contributed by atoms with van der Waals surface area (Å²) in [6, 6.07) is 0. The molecule has 0 aromatic heterocycles. The van der Waals surface area contributed by atoms with E-state index in [2.05, 4.69) is 5.32 Å². The lowest BCUT2D eigenvalue weighted by Crippen LogP contribution is -2.44. The van der Waals surface area contributed by atoms with Crippen LogP contribution in [0.2, 0.25) is 0 Å². The fourth-order valence-electron chi connectivity index (χ4n) is 0.533. The van der Waals surface area contributed by atoms with Crippen molar-refractivity contribution in [3.05, 3.63) is 0 Å². The molecule has 0 saturated heterocycles. The van der Waals surface area contributed by atoms with E-state index in [1.165, 1.54) is 0 Å². The van der Waals surface area contributed by atoms with Gasteiger partial charge in [-0.25, -0.2) is 4.21 Å². The van der Waals surface area contributed by atoms with Crippen molar-refractivity contribution < 1.29 is 13.9 Å². The van der Waals surface area contributed by atoms with Crippen LogP contribution in [0.3, 0.4) is 0 Å². The van der Waals surface area contributed by atoms with E-state index < -0.39 is 11.1 Å². The summed E-state index contributed by atoms with van der Waals surface area (Å²) < 4.78 is 18.6. The van der Waals surface area contributed by atoms with Gasteiger partial charge in [-0.1, -0.05) is 0 Å². The molecule has 0 bridgehead atoms. The van der Waals surface area contributed by atoms with Crippen LogP contribution in [-0.4, -0.2) is 38.3 Å². The number of hydrogen-bond acceptors (Lipinski definition) is 3. The molecule has 1 atom stereocenters. The van der Waals surface area contributed by atoms with E-state index >= 15 is 0 Å². The lowest BCUT2D eigenvalue weighted by molar-refractivity contribution is 0.191. The maximum Gasteiger partial charge on any atom is 0.154 e. The maximum absolute atomic E-state index is 10.2. The van der Waals surface area contributed by atoms with Crippen LogP contribution in [0.15, 0.2) is 0 Å². The smallest absolute Gasteiger partial charge is 0.154 e. The third-order valence-corrected chi connectivity index (χ3v) is 1.83. The van der Waals surface area contributed by atoms with E-state index in [4.69, 9.17) is 9.66 Å². The summed E-state index contributed by atoms with van der Waals surface area (Å²) >= 11 is -1.75. The first-order valence-corrected chi connectivity index (χ1v) is 4.69. The Hall–Kier alpha value is 0.0300. The molecule has 3 N–H and O–H groups in total. The molecule has 0 heterocycles. The van der Waals surface area contributed by atoms with Crippen molar-refractivity contribution in [2.75, 3.05) is 18.9 Å². The zero-order valence-corrected chi connectivity index (χ0v) is 7.65. The molecule has 0 radical (unpaired) electrons. The van der Waals surface area contributed by atoms with E-state index in [-0.39, 0.29) is 17.9 Å². The average Bonchev–Trinajstić information content (AvgIpc) is 1.87. The number of aliphatic hydroxyl groups excluding tert-OH is 1. The van der Waals surface area contributed by atoms with Gasteiger partial charge in [-0.3, -0.25) is 0 Å². The third-order valence-electron chi connectivity index (χ3n) is 1.28. The highest BCUT2D eigenvalue weighted by molar-refractivity contribution is 7.79. The van der Waals surface area contributed by atoms with Gasteiger partial charge in [-0.05, 0) is 13.8 Å². The highest BCUT2D eigenvalue weighted by Crippen LogP contribution is 1.97. The van der Waals surface area contributed by atoms with Gasteiger partial charge in [0.15, 0.2) is 11.1 Å². The monoisotopic (exact) mass is 181 g/mol. The SMILES string of the molecule is CC(C)(CO)NCCS(=O)O. The second kappa shape index (κ2) is 4.82. The molecule has 0 aromatic carbocycles. The molecule has 0 aliphatic heterocycles. The van der Waals surface area contributed by atoms with Crippen molar-refractivity contribution in [2.24, 2.45) is 0 Å². The molecule has 0 saturated carbocycles. The molecule has 0 aliphatic carbocycles. The molecule has 4 nitrogen and oxygen atoms in total. The Morgan fingerprint density at radius 1 is 1.55 bits per heavy atom. The van der Waals surface area contributed by atoms with Gasteiger partial charge >= 0.3 is 0 Å². The third kappa shape index (κ3) is 6.43. The minimum Gasteiger partial charge on any atom is -0.394 e. The molecule has 0 aromatic rings.